The maximum Gasteiger partial charge on any atom is 0.242 e. The van der Waals surface area contributed by atoms with Crippen LogP contribution in [0.3, 0.4) is 0 Å². The molecule has 2 aromatic carbocycles. The van der Waals surface area contributed by atoms with Gasteiger partial charge in [-0.05, 0) is 42.0 Å². The van der Waals surface area contributed by atoms with Gasteiger partial charge >= 0.3 is 0 Å². The third kappa shape index (κ3) is 6.77. The molecule has 1 aliphatic rings. The smallest absolute Gasteiger partial charge is 0.242 e. The number of carbonyl (C=O) groups excluding carboxylic acids is 2. The van der Waals surface area contributed by atoms with E-state index in [9.17, 15) is 9.59 Å². The van der Waals surface area contributed by atoms with Crippen molar-refractivity contribution < 1.29 is 9.59 Å². The summed E-state index contributed by atoms with van der Waals surface area (Å²) in [6.45, 7) is 12.0. The maximum absolute atomic E-state index is 13.6. The zero-order valence-electron chi connectivity index (χ0n) is 22.7. The van der Waals surface area contributed by atoms with E-state index in [1.807, 2.05) is 52.3 Å². The molecule has 1 aliphatic heterocycles. The molecule has 7 heteroatoms. The summed E-state index contributed by atoms with van der Waals surface area (Å²) in [4.78, 5) is 35.6. The van der Waals surface area contributed by atoms with Crippen molar-refractivity contribution in [2.24, 2.45) is 11.8 Å². The SMILES string of the molecule is CC(C)CC(=O)N1CCCN(C(=O)Cn2c(CC(C)C)nc3ccccc32)CCNCc2ccccc21. The molecule has 7 nitrogen and oxygen atoms in total. The van der Waals surface area contributed by atoms with E-state index in [4.69, 9.17) is 4.98 Å². The van der Waals surface area contributed by atoms with E-state index >= 15 is 0 Å². The highest BCUT2D eigenvalue weighted by Gasteiger charge is 2.23. The number of rotatable bonds is 6. The summed E-state index contributed by atoms with van der Waals surface area (Å²) >= 11 is 0. The lowest BCUT2D eigenvalue weighted by Gasteiger charge is -2.27. The molecule has 198 valence electrons. The Bertz CT molecular complexity index is 1220. The highest BCUT2D eigenvalue weighted by atomic mass is 16.2. The number of hydrogen-bond acceptors (Lipinski definition) is 4. The summed E-state index contributed by atoms with van der Waals surface area (Å²) in [6.07, 6.45) is 2.07. The molecular weight excluding hydrogens is 462 g/mol. The van der Waals surface area contributed by atoms with Crippen LogP contribution >= 0.6 is 0 Å². The van der Waals surface area contributed by atoms with Crippen molar-refractivity contribution in [3.63, 3.8) is 0 Å². The molecule has 0 fully saturated rings. The van der Waals surface area contributed by atoms with E-state index in [2.05, 4.69) is 43.6 Å². The number of fused-ring (bicyclic) bond motifs is 2. The highest BCUT2D eigenvalue weighted by molar-refractivity contribution is 5.94. The zero-order valence-corrected chi connectivity index (χ0v) is 22.7. The molecule has 2 amide bonds. The van der Waals surface area contributed by atoms with Gasteiger partial charge in [0, 0.05) is 51.3 Å². The van der Waals surface area contributed by atoms with Crippen LogP contribution in [0.1, 0.15) is 51.9 Å². The Hall–Kier alpha value is -3.19. The van der Waals surface area contributed by atoms with Crippen molar-refractivity contribution in [3.8, 4) is 0 Å². The number of nitrogens with zero attached hydrogens (tertiary/aromatic N) is 4. The van der Waals surface area contributed by atoms with Crippen molar-refractivity contribution in [2.45, 2.75) is 60.0 Å². The number of para-hydroxylation sites is 3. The lowest BCUT2D eigenvalue weighted by molar-refractivity contribution is -0.131. The molecule has 0 radical (unpaired) electrons. The Morgan fingerprint density at radius 1 is 0.919 bits per heavy atom. The zero-order chi connectivity index (χ0) is 26.4. The standard InChI is InChI=1S/C30H41N5O2/c1-22(2)18-28-32-25-11-6-8-13-27(25)35(28)21-30(37)33-15-9-16-34(29(36)19-23(3)4)26-12-7-5-10-24(26)20-31-14-17-33/h5-8,10-13,22-23,31H,9,14-21H2,1-4H3. The van der Waals surface area contributed by atoms with E-state index in [1.54, 1.807) is 0 Å². The number of benzene rings is 2. The monoisotopic (exact) mass is 503 g/mol. The van der Waals surface area contributed by atoms with Crippen LogP contribution in [0.15, 0.2) is 48.5 Å². The number of anilines is 1. The van der Waals surface area contributed by atoms with E-state index in [0.29, 0.717) is 51.0 Å². The molecule has 4 rings (SSSR count). The molecule has 0 atom stereocenters. The van der Waals surface area contributed by atoms with E-state index in [1.165, 1.54) is 0 Å². The van der Waals surface area contributed by atoms with Gasteiger partial charge in [0.05, 0.1) is 11.0 Å². The van der Waals surface area contributed by atoms with Crippen LogP contribution in [0.2, 0.25) is 0 Å². The van der Waals surface area contributed by atoms with Gasteiger partial charge in [0.2, 0.25) is 11.8 Å². The topological polar surface area (TPSA) is 70.5 Å². The van der Waals surface area contributed by atoms with Crippen LogP contribution < -0.4 is 10.2 Å². The Morgan fingerprint density at radius 3 is 2.46 bits per heavy atom. The third-order valence-electron chi connectivity index (χ3n) is 6.82. The van der Waals surface area contributed by atoms with E-state index in [0.717, 1.165) is 41.0 Å². The molecule has 0 saturated carbocycles. The quantitative estimate of drug-likeness (QED) is 0.532. The second kappa shape index (κ2) is 12.4. The van der Waals surface area contributed by atoms with Gasteiger partial charge in [-0.15, -0.1) is 0 Å². The van der Waals surface area contributed by atoms with Gasteiger partial charge in [0.1, 0.15) is 12.4 Å². The first-order valence-corrected chi connectivity index (χ1v) is 13.6. The van der Waals surface area contributed by atoms with Crippen LogP contribution in [0.25, 0.3) is 11.0 Å². The maximum atomic E-state index is 13.6. The van der Waals surface area contributed by atoms with E-state index < -0.39 is 0 Å². The summed E-state index contributed by atoms with van der Waals surface area (Å²) < 4.78 is 2.09. The molecule has 1 aromatic heterocycles. The first kappa shape index (κ1) is 26.9. The summed E-state index contributed by atoms with van der Waals surface area (Å²) in [7, 11) is 0. The van der Waals surface area contributed by atoms with Crippen molar-refractivity contribution in [2.75, 3.05) is 31.1 Å². The number of imidazole rings is 1. The second-order valence-electron chi connectivity index (χ2n) is 10.9. The van der Waals surface area contributed by atoms with Gasteiger partial charge in [0.25, 0.3) is 0 Å². The predicted molar refractivity (Wildman–Crippen MR) is 149 cm³/mol. The molecule has 0 bridgehead atoms. The minimum atomic E-state index is 0.0896. The molecule has 3 aromatic rings. The Balaban J connectivity index is 1.53. The molecule has 0 spiro atoms. The third-order valence-corrected chi connectivity index (χ3v) is 6.82. The average molecular weight is 504 g/mol. The predicted octanol–water partition coefficient (Wildman–Crippen LogP) is 4.64. The largest absolute Gasteiger partial charge is 0.340 e. The van der Waals surface area contributed by atoms with Crippen molar-refractivity contribution in [3.05, 3.63) is 59.9 Å². The number of amides is 2. The normalized spacial score (nSPS) is 15.2. The van der Waals surface area contributed by atoms with Crippen LogP contribution in [0.4, 0.5) is 5.69 Å². The van der Waals surface area contributed by atoms with Gasteiger partial charge in [-0.25, -0.2) is 4.98 Å². The molecule has 37 heavy (non-hydrogen) atoms. The lowest BCUT2D eigenvalue weighted by Crippen LogP contribution is -2.40. The minimum Gasteiger partial charge on any atom is -0.340 e. The Labute approximate surface area is 220 Å². The molecule has 0 aliphatic carbocycles. The molecular formula is C30H41N5O2. The van der Waals surface area contributed by atoms with Gasteiger partial charge in [-0.1, -0.05) is 58.0 Å². The van der Waals surface area contributed by atoms with Gasteiger partial charge in [-0.2, -0.15) is 0 Å². The van der Waals surface area contributed by atoms with Crippen LogP contribution in [-0.2, 0) is 29.1 Å². The summed E-state index contributed by atoms with van der Waals surface area (Å²) in [6, 6.07) is 16.2. The fraction of sp³-hybridized carbons (Fsp3) is 0.500. The van der Waals surface area contributed by atoms with Crippen LogP contribution in [-0.4, -0.2) is 52.4 Å². The second-order valence-corrected chi connectivity index (χ2v) is 10.9. The first-order valence-electron chi connectivity index (χ1n) is 13.6. The molecule has 0 unspecified atom stereocenters. The Morgan fingerprint density at radius 2 is 1.68 bits per heavy atom. The first-order chi connectivity index (χ1) is 17.8. The number of carbonyl (C=O) groups is 2. The number of aromatic nitrogens is 2. The average Bonchev–Trinajstić information content (AvgIpc) is 3.16. The number of nitrogens with one attached hydrogen (secondary N) is 1. The van der Waals surface area contributed by atoms with E-state index in [-0.39, 0.29) is 18.4 Å². The minimum absolute atomic E-state index is 0.0896. The molecule has 1 N–H and O–H groups in total. The number of hydrogen-bond donors (Lipinski definition) is 1. The van der Waals surface area contributed by atoms with Gasteiger partial charge in [-0.3, -0.25) is 9.59 Å². The van der Waals surface area contributed by atoms with Gasteiger partial charge < -0.3 is 19.7 Å². The fourth-order valence-corrected chi connectivity index (χ4v) is 5.04. The van der Waals surface area contributed by atoms with Crippen molar-refractivity contribution in [1.29, 1.82) is 0 Å². The lowest BCUT2D eigenvalue weighted by atomic mass is 10.1. The summed E-state index contributed by atoms with van der Waals surface area (Å²) in [5.74, 6) is 1.93. The highest BCUT2D eigenvalue weighted by Crippen LogP contribution is 2.24. The Kier molecular flexibility index (Phi) is 8.98. The molecule has 0 saturated heterocycles. The van der Waals surface area contributed by atoms with Crippen LogP contribution in [0, 0.1) is 11.8 Å². The molecule has 2 heterocycles. The summed E-state index contributed by atoms with van der Waals surface area (Å²) in [5.41, 5.74) is 4.02. The summed E-state index contributed by atoms with van der Waals surface area (Å²) in [5, 5.41) is 3.50. The van der Waals surface area contributed by atoms with Crippen molar-refractivity contribution >= 4 is 28.5 Å². The van der Waals surface area contributed by atoms with Crippen molar-refractivity contribution in [1.82, 2.24) is 19.8 Å². The van der Waals surface area contributed by atoms with Gasteiger partial charge in [0.15, 0.2) is 0 Å². The fourth-order valence-electron chi connectivity index (χ4n) is 5.04. The van der Waals surface area contributed by atoms with Crippen LogP contribution in [0.5, 0.6) is 0 Å².